The number of halogens is 1. The van der Waals surface area contributed by atoms with Crippen LogP contribution in [0, 0.1) is 11.8 Å². The first-order chi connectivity index (χ1) is 14.4. The van der Waals surface area contributed by atoms with Crippen LogP contribution in [0.2, 0.25) is 5.02 Å². The lowest BCUT2D eigenvalue weighted by molar-refractivity contribution is -0.151. The Balaban J connectivity index is 1.82. The molecular formula is C22H29ClN2O4S. The topological polar surface area (TPSA) is 66.9 Å². The number of amides is 3. The van der Waals surface area contributed by atoms with Gasteiger partial charge < -0.3 is 9.64 Å². The first-order valence-corrected chi connectivity index (χ1v) is 12.1. The van der Waals surface area contributed by atoms with Gasteiger partial charge in [-0.15, -0.1) is 0 Å². The summed E-state index contributed by atoms with van der Waals surface area (Å²) in [5, 5.41) is 0.555. The molecular weight excluding hydrogens is 424 g/mol. The van der Waals surface area contributed by atoms with Gasteiger partial charge in [-0.1, -0.05) is 24.4 Å². The molecule has 0 aromatic heterocycles. The van der Waals surface area contributed by atoms with Gasteiger partial charge in [-0.2, -0.15) is 11.8 Å². The van der Waals surface area contributed by atoms with Gasteiger partial charge >= 0.3 is 0 Å². The van der Waals surface area contributed by atoms with Crippen molar-refractivity contribution in [2.75, 3.05) is 26.2 Å². The van der Waals surface area contributed by atoms with Gasteiger partial charge in [0.1, 0.15) is 11.8 Å². The molecule has 1 saturated heterocycles. The molecule has 1 heterocycles. The van der Waals surface area contributed by atoms with E-state index in [0.717, 1.165) is 31.2 Å². The van der Waals surface area contributed by atoms with Crippen molar-refractivity contribution in [1.29, 1.82) is 0 Å². The van der Waals surface area contributed by atoms with E-state index in [0.29, 0.717) is 22.9 Å². The first-order valence-electron chi connectivity index (χ1n) is 10.3. The Kier molecular flexibility index (Phi) is 7.69. The molecule has 0 spiro atoms. The summed E-state index contributed by atoms with van der Waals surface area (Å²) in [6, 6.07) is 4.50. The second-order valence-corrected chi connectivity index (χ2v) is 9.41. The van der Waals surface area contributed by atoms with Crippen molar-refractivity contribution in [3.8, 4) is 5.75 Å². The van der Waals surface area contributed by atoms with Crippen molar-refractivity contribution >= 4 is 41.1 Å². The summed E-state index contributed by atoms with van der Waals surface area (Å²) in [6.45, 7) is 0.279. The lowest BCUT2D eigenvalue weighted by Gasteiger charge is -2.30. The summed E-state index contributed by atoms with van der Waals surface area (Å²) < 4.78 is 5.39. The van der Waals surface area contributed by atoms with Crippen LogP contribution in [0.25, 0.3) is 0 Å². The summed E-state index contributed by atoms with van der Waals surface area (Å²) in [6.07, 6.45) is 5.82. The molecule has 1 saturated carbocycles. The molecule has 2 fully saturated rings. The fourth-order valence-electron chi connectivity index (χ4n) is 4.55. The fraction of sp³-hybridized carbons (Fsp3) is 0.591. The van der Waals surface area contributed by atoms with Crippen molar-refractivity contribution in [3.63, 3.8) is 0 Å². The molecule has 3 amide bonds. The zero-order chi connectivity index (χ0) is 21.8. The predicted octanol–water partition coefficient (Wildman–Crippen LogP) is 3.60. The van der Waals surface area contributed by atoms with Gasteiger partial charge in [-0.25, -0.2) is 0 Å². The second kappa shape index (κ2) is 10.1. The zero-order valence-corrected chi connectivity index (χ0v) is 19.3. The molecule has 8 heteroatoms. The van der Waals surface area contributed by atoms with Gasteiger partial charge in [-0.05, 0) is 49.5 Å². The molecule has 1 aromatic carbocycles. The normalized spacial score (nSPS) is 22.1. The molecule has 164 valence electrons. The van der Waals surface area contributed by atoms with Crippen LogP contribution in [-0.4, -0.2) is 59.7 Å². The number of benzene rings is 1. The lowest BCUT2D eigenvalue weighted by atomic mass is 9.81. The highest BCUT2D eigenvalue weighted by atomic mass is 35.5. The highest BCUT2D eigenvalue weighted by Gasteiger charge is 2.52. The number of ether oxygens (including phenoxy) is 1. The third kappa shape index (κ3) is 4.62. The van der Waals surface area contributed by atoms with E-state index in [9.17, 15) is 14.4 Å². The minimum Gasteiger partial charge on any atom is -0.496 e. The Morgan fingerprint density at radius 3 is 2.47 bits per heavy atom. The molecule has 1 aliphatic heterocycles. The van der Waals surface area contributed by atoms with Gasteiger partial charge in [-0.3, -0.25) is 19.3 Å². The van der Waals surface area contributed by atoms with Crippen LogP contribution >= 0.6 is 23.4 Å². The number of thioether (sulfide) groups is 1. The van der Waals surface area contributed by atoms with Crippen molar-refractivity contribution in [2.24, 2.45) is 11.8 Å². The van der Waals surface area contributed by atoms with Gasteiger partial charge in [0.15, 0.2) is 0 Å². The van der Waals surface area contributed by atoms with Crippen molar-refractivity contribution < 1.29 is 19.1 Å². The fourth-order valence-corrected chi connectivity index (χ4v) is 5.20. The van der Waals surface area contributed by atoms with E-state index in [1.165, 1.54) is 4.90 Å². The molecule has 0 bridgehead atoms. The van der Waals surface area contributed by atoms with Crippen LogP contribution in [0.5, 0.6) is 5.75 Å². The van der Waals surface area contributed by atoms with E-state index in [4.69, 9.17) is 16.3 Å². The number of rotatable bonds is 8. The smallest absolute Gasteiger partial charge is 0.245 e. The van der Waals surface area contributed by atoms with E-state index in [1.54, 1.807) is 49.0 Å². The Labute approximate surface area is 187 Å². The van der Waals surface area contributed by atoms with Crippen LogP contribution in [0.3, 0.4) is 0 Å². The average Bonchev–Trinajstić information content (AvgIpc) is 2.99. The highest BCUT2D eigenvalue weighted by Crippen LogP contribution is 2.39. The number of hydrogen-bond acceptors (Lipinski definition) is 5. The van der Waals surface area contributed by atoms with E-state index >= 15 is 0 Å². The van der Waals surface area contributed by atoms with E-state index < -0.39 is 6.04 Å². The largest absolute Gasteiger partial charge is 0.496 e. The van der Waals surface area contributed by atoms with Crippen LogP contribution in [0.1, 0.15) is 37.7 Å². The number of nitrogens with zero attached hydrogens (tertiary/aromatic N) is 2. The standard InChI is InChI=1S/C22H29ClN2O4S/c1-24(13-14-12-15(23)8-9-19(14)29-2)22(28)18(10-11-30-3)25-20(26)16-6-4-5-7-17(16)21(25)27/h8-9,12,16-18H,4-7,10-11,13H2,1-3H3. The number of methoxy groups -OCH3 is 1. The van der Waals surface area contributed by atoms with E-state index in [2.05, 4.69) is 0 Å². The molecule has 2 aliphatic rings. The quantitative estimate of drug-likeness (QED) is 0.564. The van der Waals surface area contributed by atoms with Gasteiger partial charge in [0.2, 0.25) is 17.7 Å². The number of likely N-dealkylation sites (N-methyl/N-ethyl adjacent to an activating group) is 1. The van der Waals surface area contributed by atoms with Crippen molar-refractivity contribution in [2.45, 2.75) is 44.7 Å². The minimum atomic E-state index is -0.766. The van der Waals surface area contributed by atoms with Crippen LogP contribution < -0.4 is 4.74 Å². The Bertz CT molecular complexity index is 794. The highest BCUT2D eigenvalue weighted by molar-refractivity contribution is 7.98. The molecule has 6 nitrogen and oxygen atoms in total. The second-order valence-electron chi connectivity index (χ2n) is 7.99. The SMILES string of the molecule is COc1ccc(Cl)cc1CN(C)C(=O)C(CCSC)N1C(=O)C2CCCCC2C1=O. The van der Waals surface area contributed by atoms with Gasteiger partial charge in [0, 0.05) is 24.2 Å². The third-order valence-electron chi connectivity index (χ3n) is 6.09. The van der Waals surface area contributed by atoms with E-state index in [-0.39, 0.29) is 36.1 Å². The Morgan fingerprint density at radius 2 is 1.90 bits per heavy atom. The number of likely N-dealkylation sites (tertiary alicyclic amines) is 1. The van der Waals surface area contributed by atoms with Crippen molar-refractivity contribution in [1.82, 2.24) is 9.80 Å². The lowest BCUT2D eigenvalue weighted by Crippen LogP contribution is -2.50. The van der Waals surface area contributed by atoms with Crippen LogP contribution in [0.15, 0.2) is 18.2 Å². The van der Waals surface area contributed by atoms with Crippen molar-refractivity contribution in [3.05, 3.63) is 28.8 Å². The zero-order valence-electron chi connectivity index (χ0n) is 17.7. The summed E-state index contributed by atoms with van der Waals surface area (Å²) in [7, 11) is 3.26. The molecule has 1 aliphatic carbocycles. The van der Waals surface area contributed by atoms with Crippen LogP contribution in [0.4, 0.5) is 0 Å². The number of hydrogen-bond donors (Lipinski definition) is 0. The molecule has 30 heavy (non-hydrogen) atoms. The Hall–Kier alpha value is -1.73. The third-order valence-corrected chi connectivity index (χ3v) is 6.97. The molecule has 3 atom stereocenters. The number of carbonyl (C=O) groups excluding carboxylic acids is 3. The molecule has 1 aromatic rings. The summed E-state index contributed by atoms with van der Waals surface area (Å²) in [5.41, 5.74) is 0.775. The minimum absolute atomic E-state index is 0.169. The van der Waals surface area contributed by atoms with Gasteiger partial charge in [0.05, 0.1) is 18.9 Å². The average molecular weight is 453 g/mol. The maximum absolute atomic E-state index is 13.4. The Morgan fingerprint density at radius 1 is 1.27 bits per heavy atom. The van der Waals surface area contributed by atoms with Crippen LogP contribution in [-0.2, 0) is 20.9 Å². The summed E-state index contributed by atoms with van der Waals surface area (Å²) >= 11 is 7.72. The van der Waals surface area contributed by atoms with E-state index in [1.807, 2.05) is 6.26 Å². The molecule has 3 rings (SSSR count). The maximum Gasteiger partial charge on any atom is 0.245 e. The molecule has 3 unspecified atom stereocenters. The monoisotopic (exact) mass is 452 g/mol. The maximum atomic E-state index is 13.4. The summed E-state index contributed by atoms with van der Waals surface area (Å²) in [4.78, 5) is 42.4. The first kappa shape index (κ1) is 22.9. The molecule has 0 radical (unpaired) electrons. The predicted molar refractivity (Wildman–Crippen MR) is 119 cm³/mol. The molecule has 0 N–H and O–H groups in total. The number of fused-ring (bicyclic) bond motifs is 1. The van der Waals surface area contributed by atoms with Gasteiger partial charge in [0.25, 0.3) is 0 Å². The summed E-state index contributed by atoms with van der Waals surface area (Å²) in [5.74, 6) is 0.251. The number of imide groups is 1. The number of carbonyl (C=O) groups is 3.